The number of likely N-dealkylation sites (tertiary alicyclic amines) is 1. The number of aromatic nitrogens is 1. The Hall–Kier alpha value is -2.02. The van der Waals surface area contributed by atoms with Crippen molar-refractivity contribution in [2.24, 2.45) is 23.7 Å². The Morgan fingerprint density at radius 2 is 1.87 bits per heavy atom. The Morgan fingerprint density at radius 3 is 2.39 bits per heavy atom. The van der Waals surface area contributed by atoms with E-state index in [1.807, 2.05) is 26.0 Å². The molecule has 0 aromatic carbocycles. The van der Waals surface area contributed by atoms with Crippen molar-refractivity contribution in [1.82, 2.24) is 9.88 Å². The first-order valence-electron chi connectivity index (χ1n) is 7.73. The Morgan fingerprint density at radius 1 is 1.26 bits per heavy atom. The fourth-order valence-electron chi connectivity index (χ4n) is 3.95. The second-order valence-corrected chi connectivity index (χ2v) is 7.67. The number of rotatable bonds is 3. The van der Waals surface area contributed by atoms with E-state index in [2.05, 4.69) is 10.3 Å². The maximum atomic E-state index is 12.5. The van der Waals surface area contributed by atoms with Crippen LogP contribution in [0.25, 0.3) is 0 Å². The van der Waals surface area contributed by atoms with E-state index >= 15 is 0 Å². The van der Waals surface area contributed by atoms with Crippen molar-refractivity contribution in [3.63, 3.8) is 0 Å². The van der Waals surface area contributed by atoms with Gasteiger partial charge in [-0.2, -0.15) is 0 Å². The minimum absolute atomic E-state index is 0.166. The molecule has 1 saturated carbocycles. The average Bonchev–Trinajstić information content (AvgIpc) is 3.22. The summed E-state index contributed by atoms with van der Waals surface area (Å²) in [6.45, 7) is 3.58. The maximum absolute atomic E-state index is 12.5. The minimum atomic E-state index is -0.374. The highest BCUT2D eigenvalue weighted by Crippen LogP contribution is 2.52. The molecule has 2 bridgehead atoms. The van der Waals surface area contributed by atoms with Crippen LogP contribution in [0.2, 0.25) is 0 Å². The lowest BCUT2D eigenvalue weighted by Gasteiger charge is -2.16. The molecule has 1 N–H and O–H groups in total. The van der Waals surface area contributed by atoms with Gasteiger partial charge in [0.2, 0.25) is 17.7 Å². The molecule has 0 radical (unpaired) electrons. The summed E-state index contributed by atoms with van der Waals surface area (Å²) >= 11 is 1.39. The molecule has 1 saturated heterocycles. The molecule has 3 aliphatic rings. The first-order valence-corrected chi connectivity index (χ1v) is 8.55. The van der Waals surface area contributed by atoms with Crippen LogP contribution >= 0.6 is 11.3 Å². The third kappa shape index (κ3) is 2.14. The van der Waals surface area contributed by atoms with Crippen LogP contribution in [-0.4, -0.2) is 34.2 Å². The van der Waals surface area contributed by atoms with Crippen LogP contribution in [0.1, 0.15) is 17.0 Å². The van der Waals surface area contributed by atoms with Crippen molar-refractivity contribution in [1.29, 1.82) is 0 Å². The van der Waals surface area contributed by atoms with Gasteiger partial charge >= 0.3 is 0 Å². The predicted molar refractivity (Wildman–Crippen MR) is 84.7 cm³/mol. The molecule has 1 aliphatic heterocycles. The number of aryl methyl sites for hydroxylation is 2. The first-order chi connectivity index (χ1) is 11.0. The summed E-state index contributed by atoms with van der Waals surface area (Å²) in [7, 11) is 0. The zero-order chi connectivity index (χ0) is 16.3. The lowest BCUT2D eigenvalue weighted by Crippen LogP contribution is -2.39. The Labute approximate surface area is 137 Å². The number of nitrogens with zero attached hydrogens (tertiary/aromatic N) is 2. The molecule has 4 unspecified atom stereocenters. The fourth-order valence-corrected chi connectivity index (χ4v) is 4.78. The molecular formula is C16H17N3O3S. The number of carbonyl (C=O) groups excluding carboxylic acids is 3. The normalized spacial score (nSPS) is 31.1. The van der Waals surface area contributed by atoms with Gasteiger partial charge in [0.1, 0.15) is 6.54 Å². The maximum Gasteiger partial charge on any atom is 0.246 e. The lowest BCUT2D eigenvalue weighted by atomic mass is 9.85. The van der Waals surface area contributed by atoms with E-state index in [1.165, 1.54) is 11.3 Å². The van der Waals surface area contributed by atoms with E-state index in [4.69, 9.17) is 0 Å². The van der Waals surface area contributed by atoms with Gasteiger partial charge < -0.3 is 5.32 Å². The molecule has 4 atom stereocenters. The molecule has 2 fully saturated rings. The molecular weight excluding hydrogens is 314 g/mol. The monoisotopic (exact) mass is 331 g/mol. The first kappa shape index (κ1) is 14.6. The van der Waals surface area contributed by atoms with Gasteiger partial charge in [-0.25, -0.2) is 4.98 Å². The summed E-state index contributed by atoms with van der Waals surface area (Å²) in [6.07, 6.45) is 4.98. The lowest BCUT2D eigenvalue weighted by molar-refractivity contribution is -0.143. The molecule has 2 heterocycles. The van der Waals surface area contributed by atoms with Gasteiger partial charge in [0.15, 0.2) is 5.13 Å². The third-order valence-corrected chi connectivity index (χ3v) is 6.13. The molecule has 1 aromatic rings. The highest BCUT2D eigenvalue weighted by Gasteiger charge is 2.59. The number of carbonyl (C=O) groups is 3. The van der Waals surface area contributed by atoms with Crippen molar-refractivity contribution >= 4 is 34.2 Å². The topological polar surface area (TPSA) is 79.4 Å². The molecule has 4 rings (SSSR count). The molecule has 1 aromatic heterocycles. The predicted octanol–water partition coefficient (Wildman–Crippen LogP) is 1.51. The zero-order valence-electron chi connectivity index (χ0n) is 12.9. The van der Waals surface area contributed by atoms with Crippen molar-refractivity contribution in [2.45, 2.75) is 20.3 Å². The minimum Gasteiger partial charge on any atom is -0.300 e. The average molecular weight is 331 g/mol. The molecule has 120 valence electrons. The molecule has 23 heavy (non-hydrogen) atoms. The van der Waals surface area contributed by atoms with Gasteiger partial charge in [0, 0.05) is 4.88 Å². The molecule has 6 nitrogen and oxygen atoms in total. The van der Waals surface area contributed by atoms with Gasteiger partial charge in [-0.05, 0) is 32.1 Å². The number of hydrogen-bond donors (Lipinski definition) is 1. The van der Waals surface area contributed by atoms with E-state index in [1.54, 1.807) is 0 Å². The molecule has 3 amide bonds. The number of nitrogens with one attached hydrogen (secondary N) is 1. The Balaban J connectivity index is 1.46. The van der Waals surface area contributed by atoms with E-state index < -0.39 is 0 Å². The summed E-state index contributed by atoms with van der Waals surface area (Å²) in [5, 5.41) is 3.19. The largest absolute Gasteiger partial charge is 0.300 e. The van der Waals surface area contributed by atoms with E-state index in [9.17, 15) is 14.4 Å². The standard InChI is InChI=1S/C16H17N3O3S/c1-7-8(2)23-16(17-7)18-11(20)6-19-14(21)12-9-3-4-10(5-9)13(12)15(19)22/h3-4,9-10,12-13H,5-6H2,1-2H3,(H,17,18,20). The van der Waals surface area contributed by atoms with Gasteiger partial charge in [-0.1, -0.05) is 12.2 Å². The number of fused-ring (bicyclic) bond motifs is 5. The van der Waals surface area contributed by atoms with E-state index in [-0.39, 0.29) is 47.9 Å². The van der Waals surface area contributed by atoms with Gasteiger partial charge in [0.25, 0.3) is 0 Å². The van der Waals surface area contributed by atoms with Crippen molar-refractivity contribution < 1.29 is 14.4 Å². The van der Waals surface area contributed by atoms with Crippen LogP contribution in [0, 0.1) is 37.5 Å². The van der Waals surface area contributed by atoms with Gasteiger partial charge in [-0.15, -0.1) is 11.3 Å². The number of anilines is 1. The van der Waals surface area contributed by atoms with Gasteiger partial charge in [0.05, 0.1) is 17.5 Å². The number of imide groups is 1. The quantitative estimate of drug-likeness (QED) is 0.672. The van der Waals surface area contributed by atoms with Crippen molar-refractivity contribution in [3.05, 3.63) is 22.7 Å². The van der Waals surface area contributed by atoms with Gasteiger partial charge in [-0.3, -0.25) is 19.3 Å². The Bertz CT molecular complexity index is 704. The van der Waals surface area contributed by atoms with Crippen LogP contribution in [-0.2, 0) is 14.4 Å². The number of amides is 3. The van der Waals surface area contributed by atoms with Crippen LogP contribution in [0.5, 0.6) is 0 Å². The SMILES string of the molecule is Cc1nc(NC(=O)CN2C(=O)C3C4C=CC(C4)C3C2=O)sc1C. The smallest absolute Gasteiger partial charge is 0.246 e. The highest BCUT2D eigenvalue weighted by atomic mass is 32.1. The molecule has 7 heteroatoms. The highest BCUT2D eigenvalue weighted by molar-refractivity contribution is 7.15. The third-order valence-electron chi connectivity index (χ3n) is 5.14. The van der Waals surface area contributed by atoms with E-state index in [0.29, 0.717) is 5.13 Å². The second-order valence-electron chi connectivity index (χ2n) is 6.47. The summed E-state index contributed by atoms with van der Waals surface area (Å²) < 4.78 is 0. The summed E-state index contributed by atoms with van der Waals surface area (Å²) in [6, 6.07) is 0. The Kier molecular flexibility index (Phi) is 3.16. The summed E-state index contributed by atoms with van der Waals surface area (Å²) in [5.41, 5.74) is 0.871. The van der Waals surface area contributed by atoms with Crippen LogP contribution < -0.4 is 5.32 Å². The zero-order valence-corrected chi connectivity index (χ0v) is 13.7. The van der Waals surface area contributed by atoms with Crippen LogP contribution in [0.3, 0.4) is 0 Å². The van der Waals surface area contributed by atoms with Crippen molar-refractivity contribution in [3.8, 4) is 0 Å². The summed E-state index contributed by atoms with van der Waals surface area (Å²) in [5.74, 6) is -0.945. The fraction of sp³-hybridized carbons (Fsp3) is 0.500. The van der Waals surface area contributed by atoms with Crippen LogP contribution in [0.15, 0.2) is 12.2 Å². The number of allylic oxidation sites excluding steroid dienone is 2. The van der Waals surface area contributed by atoms with E-state index in [0.717, 1.165) is 21.9 Å². The summed E-state index contributed by atoms with van der Waals surface area (Å²) in [4.78, 5) is 43.6. The second kappa shape index (κ2) is 4.99. The number of hydrogen-bond acceptors (Lipinski definition) is 5. The molecule has 0 spiro atoms. The molecule has 2 aliphatic carbocycles. The van der Waals surface area contributed by atoms with Crippen LogP contribution in [0.4, 0.5) is 5.13 Å². The van der Waals surface area contributed by atoms with Crippen molar-refractivity contribution in [2.75, 3.05) is 11.9 Å². The number of thiazole rings is 1.